The third kappa shape index (κ3) is 2.65. The van der Waals surface area contributed by atoms with Gasteiger partial charge in [0.15, 0.2) is 0 Å². The molecule has 3 heterocycles. The lowest BCUT2D eigenvalue weighted by molar-refractivity contribution is -0.126. The predicted molar refractivity (Wildman–Crippen MR) is 101 cm³/mol. The highest BCUT2D eigenvalue weighted by Gasteiger charge is 2.30. The largest absolute Gasteiger partial charge is 0.329 e. The number of amides is 1. The van der Waals surface area contributed by atoms with Crippen LogP contribution in [-0.4, -0.2) is 25.2 Å². The van der Waals surface area contributed by atoms with E-state index < -0.39 is 0 Å². The zero-order chi connectivity index (χ0) is 18.3. The van der Waals surface area contributed by atoms with Gasteiger partial charge in [0.25, 0.3) is 0 Å². The predicted octanol–water partition coefficient (Wildman–Crippen LogP) is 3.70. The number of carbonyl (C=O) groups is 1. The maximum atomic E-state index is 12.2. The molecule has 5 heteroatoms. The fourth-order valence-corrected chi connectivity index (χ4v) is 3.38. The second kappa shape index (κ2) is 6.33. The molecular weight excluding hydrogens is 324 g/mol. The standard InChI is InChI=1S/C21H22N4O/c1-4-7-20(26)24-13-18-19(14-24)22-25(21(18)23-10-5-6-11-23)17-9-8-15(2)16(3)12-17/h4-12H,13-14H2,1-3H3/b7-4+. The molecule has 0 fully saturated rings. The van der Waals surface area contributed by atoms with Crippen LogP contribution >= 0.6 is 0 Å². The van der Waals surface area contributed by atoms with Crippen molar-refractivity contribution in [2.45, 2.75) is 33.9 Å². The molecule has 1 aliphatic rings. The number of aryl methyl sites for hydroxylation is 2. The molecular formula is C21H22N4O. The lowest BCUT2D eigenvalue weighted by Crippen LogP contribution is -2.24. The lowest BCUT2D eigenvalue weighted by atomic mass is 10.1. The quantitative estimate of drug-likeness (QED) is 0.679. The van der Waals surface area contributed by atoms with E-state index in [1.807, 2.05) is 41.0 Å². The van der Waals surface area contributed by atoms with Gasteiger partial charge < -0.3 is 9.47 Å². The van der Waals surface area contributed by atoms with Crippen molar-refractivity contribution in [2.75, 3.05) is 0 Å². The summed E-state index contributed by atoms with van der Waals surface area (Å²) < 4.78 is 4.07. The average molecular weight is 346 g/mol. The number of nitrogens with zero attached hydrogens (tertiary/aromatic N) is 4. The van der Waals surface area contributed by atoms with Crippen molar-refractivity contribution >= 4 is 5.91 Å². The maximum absolute atomic E-state index is 12.2. The number of fused-ring (bicyclic) bond motifs is 1. The third-order valence-corrected chi connectivity index (χ3v) is 4.93. The molecule has 0 unspecified atom stereocenters. The molecule has 132 valence electrons. The zero-order valence-corrected chi connectivity index (χ0v) is 15.3. The van der Waals surface area contributed by atoms with Crippen molar-refractivity contribution in [1.29, 1.82) is 0 Å². The summed E-state index contributed by atoms with van der Waals surface area (Å²) in [7, 11) is 0. The summed E-state index contributed by atoms with van der Waals surface area (Å²) in [6.07, 6.45) is 7.43. The Hall–Kier alpha value is -3.08. The summed E-state index contributed by atoms with van der Waals surface area (Å²) in [5.74, 6) is 1.03. The van der Waals surface area contributed by atoms with Crippen molar-refractivity contribution in [3.05, 3.63) is 77.3 Å². The van der Waals surface area contributed by atoms with E-state index >= 15 is 0 Å². The Bertz CT molecular complexity index is 995. The summed E-state index contributed by atoms with van der Waals surface area (Å²) in [5.41, 5.74) is 5.61. The number of carbonyl (C=O) groups excluding carboxylic acids is 1. The van der Waals surface area contributed by atoms with E-state index in [4.69, 9.17) is 5.10 Å². The van der Waals surface area contributed by atoms with E-state index in [2.05, 4.69) is 36.6 Å². The Kier molecular flexibility index (Phi) is 3.99. The van der Waals surface area contributed by atoms with Gasteiger partial charge in [0.2, 0.25) is 5.91 Å². The Morgan fingerprint density at radius 3 is 2.58 bits per heavy atom. The van der Waals surface area contributed by atoms with Crippen LogP contribution in [0.4, 0.5) is 0 Å². The van der Waals surface area contributed by atoms with Gasteiger partial charge in [0.1, 0.15) is 5.82 Å². The first kappa shape index (κ1) is 16.4. The van der Waals surface area contributed by atoms with Crippen LogP contribution in [0.25, 0.3) is 11.5 Å². The summed E-state index contributed by atoms with van der Waals surface area (Å²) in [6.45, 7) is 7.21. The SMILES string of the molecule is C/C=C/C(=O)N1Cc2nn(-c3ccc(C)c(C)c3)c(-n3cccc3)c2C1. The van der Waals surface area contributed by atoms with Crippen LogP contribution < -0.4 is 0 Å². The molecule has 5 nitrogen and oxygen atoms in total. The van der Waals surface area contributed by atoms with Gasteiger partial charge in [-0.1, -0.05) is 12.1 Å². The highest BCUT2D eigenvalue weighted by molar-refractivity contribution is 5.88. The fraction of sp³-hybridized carbons (Fsp3) is 0.238. The first-order chi connectivity index (χ1) is 12.6. The summed E-state index contributed by atoms with van der Waals surface area (Å²) >= 11 is 0. The molecule has 0 saturated heterocycles. The Labute approximate surface area is 153 Å². The molecule has 3 aromatic rings. The van der Waals surface area contributed by atoms with Gasteiger partial charge in [-0.2, -0.15) is 5.10 Å². The maximum Gasteiger partial charge on any atom is 0.246 e. The van der Waals surface area contributed by atoms with Crippen LogP contribution in [0.2, 0.25) is 0 Å². The van der Waals surface area contributed by atoms with Gasteiger partial charge in [-0.05, 0) is 62.2 Å². The first-order valence-corrected chi connectivity index (χ1v) is 8.82. The Balaban J connectivity index is 1.82. The van der Waals surface area contributed by atoms with Gasteiger partial charge in [0.05, 0.1) is 24.5 Å². The molecule has 0 N–H and O–H groups in total. The average Bonchev–Trinajstić information content (AvgIpc) is 3.32. The second-order valence-electron chi connectivity index (χ2n) is 6.71. The van der Waals surface area contributed by atoms with Gasteiger partial charge in [0, 0.05) is 18.0 Å². The molecule has 2 aromatic heterocycles. The molecule has 0 saturated carbocycles. The van der Waals surface area contributed by atoms with Crippen molar-refractivity contribution in [3.8, 4) is 11.5 Å². The molecule has 0 aliphatic carbocycles. The van der Waals surface area contributed by atoms with E-state index in [-0.39, 0.29) is 5.91 Å². The van der Waals surface area contributed by atoms with Crippen LogP contribution in [-0.2, 0) is 17.9 Å². The van der Waals surface area contributed by atoms with Crippen molar-refractivity contribution < 1.29 is 4.79 Å². The van der Waals surface area contributed by atoms with E-state index in [0.29, 0.717) is 13.1 Å². The number of hydrogen-bond acceptors (Lipinski definition) is 2. The first-order valence-electron chi connectivity index (χ1n) is 8.82. The Morgan fingerprint density at radius 1 is 1.12 bits per heavy atom. The molecule has 1 amide bonds. The fourth-order valence-electron chi connectivity index (χ4n) is 3.38. The summed E-state index contributed by atoms with van der Waals surface area (Å²) in [6, 6.07) is 10.4. The smallest absolute Gasteiger partial charge is 0.246 e. The minimum atomic E-state index is 0.0293. The lowest BCUT2D eigenvalue weighted by Gasteiger charge is -2.16. The van der Waals surface area contributed by atoms with Crippen molar-refractivity contribution in [3.63, 3.8) is 0 Å². The van der Waals surface area contributed by atoms with Gasteiger partial charge in [-0.15, -0.1) is 0 Å². The zero-order valence-electron chi connectivity index (χ0n) is 15.3. The van der Waals surface area contributed by atoms with E-state index in [0.717, 1.165) is 22.8 Å². The van der Waals surface area contributed by atoms with Gasteiger partial charge >= 0.3 is 0 Å². The van der Waals surface area contributed by atoms with Gasteiger partial charge in [-0.25, -0.2) is 4.68 Å². The molecule has 26 heavy (non-hydrogen) atoms. The van der Waals surface area contributed by atoms with E-state index in [9.17, 15) is 4.79 Å². The topological polar surface area (TPSA) is 43.1 Å². The van der Waals surface area contributed by atoms with Crippen molar-refractivity contribution in [1.82, 2.24) is 19.2 Å². The van der Waals surface area contributed by atoms with Crippen molar-refractivity contribution in [2.24, 2.45) is 0 Å². The molecule has 0 radical (unpaired) electrons. The van der Waals surface area contributed by atoms with Gasteiger partial charge in [-0.3, -0.25) is 4.79 Å². The highest BCUT2D eigenvalue weighted by atomic mass is 16.2. The Morgan fingerprint density at radius 2 is 1.88 bits per heavy atom. The number of benzene rings is 1. The van der Waals surface area contributed by atoms with Crippen LogP contribution in [0.15, 0.2) is 54.9 Å². The minimum Gasteiger partial charge on any atom is -0.329 e. The number of allylic oxidation sites excluding steroid dienone is 1. The molecule has 1 aromatic carbocycles. The molecule has 1 aliphatic heterocycles. The van der Waals surface area contributed by atoms with Crippen LogP contribution in [0.5, 0.6) is 0 Å². The number of aromatic nitrogens is 3. The number of hydrogen-bond donors (Lipinski definition) is 0. The van der Waals surface area contributed by atoms with Crippen LogP contribution in [0.1, 0.15) is 29.3 Å². The molecule has 4 rings (SSSR count). The molecule has 0 atom stereocenters. The summed E-state index contributed by atoms with van der Waals surface area (Å²) in [4.78, 5) is 14.1. The molecule has 0 spiro atoms. The van der Waals surface area contributed by atoms with E-state index in [1.54, 1.807) is 12.2 Å². The van der Waals surface area contributed by atoms with E-state index in [1.165, 1.54) is 11.1 Å². The third-order valence-electron chi connectivity index (χ3n) is 4.93. The van der Waals surface area contributed by atoms with Crippen LogP contribution in [0, 0.1) is 13.8 Å². The van der Waals surface area contributed by atoms with Crippen LogP contribution in [0.3, 0.4) is 0 Å². The monoisotopic (exact) mass is 346 g/mol. The number of rotatable bonds is 3. The molecule has 0 bridgehead atoms. The normalized spacial score (nSPS) is 13.6. The summed E-state index contributed by atoms with van der Waals surface area (Å²) in [5, 5.41) is 4.86. The minimum absolute atomic E-state index is 0.0293. The highest BCUT2D eigenvalue weighted by Crippen LogP contribution is 2.31. The second-order valence-corrected chi connectivity index (χ2v) is 6.71.